The van der Waals surface area contributed by atoms with Crippen molar-refractivity contribution < 1.29 is 14.0 Å². The summed E-state index contributed by atoms with van der Waals surface area (Å²) in [5.74, 6) is 0.209. The molecule has 1 N–H and O–H groups in total. The number of nitrogens with zero attached hydrogens (tertiary/aromatic N) is 2. The van der Waals surface area contributed by atoms with Crippen molar-refractivity contribution in [1.29, 1.82) is 0 Å². The van der Waals surface area contributed by atoms with Crippen molar-refractivity contribution in [2.24, 2.45) is 0 Å². The maximum absolute atomic E-state index is 13.5. The number of hydrogen-bond donors (Lipinski definition) is 1. The standard InChI is InChI=1S/C21H17N3O3/c1-23-18-11-5-3-9-16(18)21(20(23)26)22-17-10-4-2-8-15(17)19(25)24(21)13-14-7-6-12-27-14/h2-12,22H,13H2,1H3/t21-/m1/s1. The molecule has 2 aliphatic heterocycles. The van der Waals surface area contributed by atoms with Crippen molar-refractivity contribution in [2.45, 2.75) is 12.2 Å². The first-order chi connectivity index (χ1) is 13.1. The summed E-state index contributed by atoms with van der Waals surface area (Å²) in [6, 6.07) is 18.4. The van der Waals surface area contributed by atoms with Gasteiger partial charge in [0.15, 0.2) is 0 Å². The normalized spacial score (nSPS) is 20.6. The van der Waals surface area contributed by atoms with E-state index in [0.717, 1.165) is 11.3 Å². The Balaban J connectivity index is 1.76. The molecule has 0 radical (unpaired) electrons. The van der Waals surface area contributed by atoms with E-state index in [9.17, 15) is 9.59 Å². The molecule has 1 spiro atoms. The van der Waals surface area contributed by atoms with Gasteiger partial charge in [-0.25, -0.2) is 0 Å². The molecule has 0 bridgehead atoms. The number of likely N-dealkylation sites (N-methyl/N-ethyl adjacent to an activating group) is 1. The van der Waals surface area contributed by atoms with Crippen LogP contribution in [0.1, 0.15) is 21.7 Å². The first kappa shape index (κ1) is 15.7. The van der Waals surface area contributed by atoms with Crippen LogP contribution in [0.4, 0.5) is 11.4 Å². The lowest BCUT2D eigenvalue weighted by Crippen LogP contribution is -2.61. The van der Waals surface area contributed by atoms with Gasteiger partial charge < -0.3 is 14.6 Å². The Hall–Kier alpha value is -3.54. The van der Waals surface area contributed by atoms with Crippen LogP contribution in [-0.2, 0) is 17.0 Å². The Kier molecular flexibility index (Phi) is 3.18. The predicted molar refractivity (Wildman–Crippen MR) is 100 cm³/mol. The van der Waals surface area contributed by atoms with E-state index in [-0.39, 0.29) is 18.4 Å². The summed E-state index contributed by atoms with van der Waals surface area (Å²) in [6.45, 7) is 0.182. The molecule has 0 fully saturated rings. The first-order valence-corrected chi connectivity index (χ1v) is 8.72. The Labute approximate surface area is 156 Å². The second-order valence-electron chi connectivity index (χ2n) is 6.73. The van der Waals surface area contributed by atoms with E-state index in [1.54, 1.807) is 41.3 Å². The quantitative estimate of drug-likeness (QED) is 0.763. The first-order valence-electron chi connectivity index (χ1n) is 8.72. The lowest BCUT2D eigenvalue weighted by atomic mass is 9.93. The van der Waals surface area contributed by atoms with E-state index >= 15 is 0 Å². The average molecular weight is 359 g/mol. The number of para-hydroxylation sites is 2. The summed E-state index contributed by atoms with van der Waals surface area (Å²) in [5.41, 5.74) is 1.42. The van der Waals surface area contributed by atoms with Gasteiger partial charge in [0.05, 0.1) is 24.1 Å². The fourth-order valence-corrected chi connectivity index (χ4v) is 4.01. The van der Waals surface area contributed by atoms with Gasteiger partial charge in [0.25, 0.3) is 11.8 Å². The third kappa shape index (κ3) is 2.01. The van der Waals surface area contributed by atoms with Gasteiger partial charge in [-0.1, -0.05) is 30.3 Å². The molecule has 1 atom stereocenters. The smallest absolute Gasteiger partial charge is 0.278 e. The highest BCUT2D eigenvalue weighted by Gasteiger charge is 2.58. The molecule has 2 aromatic carbocycles. The average Bonchev–Trinajstić information content (AvgIpc) is 3.28. The summed E-state index contributed by atoms with van der Waals surface area (Å²) in [6.07, 6.45) is 1.56. The minimum Gasteiger partial charge on any atom is -0.467 e. The third-order valence-electron chi connectivity index (χ3n) is 5.29. The number of carbonyl (C=O) groups is 2. The number of hydrogen-bond acceptors (Lipinski definition) is 4. The van der Waals surface area contributed by atoms with Gasteiger partial charge in [-0.15, -0.1) is 0 Å². The van der Waals surface area contributed by atoms with Crippen LogP contribution in [-0.4, -0.2) is 23.8 Å². The van der Waals surface area contributed by atoms with Gasteiger partial charge >= 0.3 is 0 Å². The minimum absolute atomic E-state index is 0.182. The molecular weight excluding hydrogens is 342 g/mol. The molecule has 1 aromatic heterocycles. The number of benzene rings is 2. The molecule has 5 rings (SSSR count). The van der Waals surface area contributed by atoms with E-state index < -0.39 is 5.66 Å². The summed E-state index contributed by atoms with van der Waals surface area (Å²) < 4.78 is 5.48. The molecular formula is C21H17N3O3. The molecule has 2 amide bonds. The molecule has 0 unspecified atom stereocenters. The van der Waals surface area contributed by atoms with Gasteiger partial charge in [0.1, 0.15) is 5.76 Å². The van der Waals surface area contributed by atoms with Crippen LogP contribution >= 0.6 is 0 Å². The predicted octanol–water partition coefficient (Wildman–Crippen LogP) is 3.18. The van der Waals surface area contributed by atoms with Crippen molar-refractivity contribution >= 4 is 23.2 Å². The van der Waals surface area contributed by atoms with Crippen LogP contribution in [0.25, 0.3) is 0 Å². The maximum atomic E-state index is 13.5. The van der Waals surface area contributed by atoms with E-state index in [1.165, 1.54) is 0 Å². The summed E-state index contributed by atoms with van der Waals surface area (Å²) in [7, 11) is 1.73. The largest absolute Gasteiger partial charge is 0.467 e. The van der Waals surface area contributed by atoms with Crippen molar-refractivity contribution in [3.8, 4) is 0 Å². The highest BCUT2D eigenvalue weighted by Crippen LogP contribution is 2.47. The number of furan rings is 1. The Morgan fingerprint density at radius 2 is 1.78 bits per heavy atom. The third-order valence-corrected chi connectivity index (χ3v) is 5.29. The zero-order valence-corrected chi connectivity index (χ0v) is 14.7. The van der Waals surface area contributed by atoms with Crippen LogP contribution in [0.3, 0.4) is 0 Å². The number of carbonyl (C=O) groups excluding carboxylic acids is 2. The molecule has 0 saturated carbocycles. The number of nitrogens with one attached hydrogen (secondary N) is 1. The van der Waals surface area contributed by atoms with E-state index in [1.807, 2.05) is 42.5 Å². The molecule has 6 nitrogen and oxygen atoms in total. The lowest BCUT2D eigenvalue weighted by Gasteiger charge is -2.44. The molecule has 3 aromatic rings. The molecule has 0 saturated heterocycles. The fourth-order valence-electron chi connectivity index (χ4n) is 4.01. The van der Waals surface area contributed by atoms with Gasteiger partial charge in [0, 0.05) is 18.3 Å². The molecule has 3 heterocycles. The number of anilines is 2. The number of amides is 2. The zero-order valence-electron chi connectivity index (χ0n) is 14.7. The van der Waals surface area contributed by atoms with E-state index in [2.05, 4.69) is 5.32 Å². The van der Waals surface area contributed by atoms with Crippen LogP contribution in [0.2, 0.25) is 0 Å². The molecule has 134 valence electrons. The van der Waals surface area contributed by atoms with Gasteiger partial charge in [-0.05, 0) is 30.3 Å². The summed E-state index contributed by atoms with van der Waals surface area (Å²) >= 11 is 0. The highest BCUT2D eigenvalue weighted by molar-refractivity contribution is 6.14. The monoisotopic (exact) mass is 359 g/mol. The topological polar surface area (TPSA) is 65.8 Å². The number of fused-ring (bicyclic) bond motifs is 3. The van der Waals surface area contributed by atoms with E-state index in [0.29, 0.717) is 17.0 Å². The second-order valence-corrected chi connectivity index (χ2v) is 6.73. The van der Waals surface area contributed by atoms with Crippen molar-refractivity contribution in [2.75, 3.05) is 17.3 Å². The minimum atomic E-state index is -1.30. The Bertz CT molecular complexity index is 1060. The van der Waals surface area contributed by atoms with Gasteiger partial charge in [-0.2, -0.15) is 0 Å². The highest BCUT2D eigenvalue weighted by atomic mass is 16.3. The van der Waals surface area contributed by atoms with Crippen molar-refractivity contribution in [3.05, 3.63) is 83.8 Å². The van der Waals surface area contributed by atoms with Gasteiger partial charge in [-0.3, -0.25) is 14.5 Å². The molecule has 27 heavy (non-hydrogen) atoms. The second kappa shape index (κ2) is 5.48. The fraction of sp³-hybridized carbons (Fsp3) is 0.143. The Morgan fingerprint density at radius 3 is 2.59 bits per heavy atom. The van der Waals surface area contributed by atoms with Crippen molar-refractivity contribution in [1.82, 2.24) is 4.90 Å². The van der Waals surface area contributed by atoms with Crippen molar-refractivity contribution in [3.63, 3.8) is 0 Å². The van der Waals surface area contributed by atoms with Crippen LogP contribution in [0.5, 0.6) is 0 Å². The summed E-state index contributed by atoms with van der Waals surface area (Å²) in [4.78, 5) is 30.1. The molecule has 0 aliphatic carbocycles. The molecule has 6 heteroatoms. The lowest BCUT2D eigenvalue weighted by molar-refractivity contribution is -0.127. The van der Waals surface area contributed by atoms with Crippen LogP contribution in [0, 0.1) is 0 Å². The van der Waals surface area contributed by atoms with Gasteiger partial charge in [0.2, 0.25) is 5.66 Å². The van der Waals surface area contributed by atoms with Crippen LogP contribution in [0.15, 0.2) is 71.3 Å². The Morgan fingerprint density at radius 1 is 1.00 bits per heavy atom. The maximum Gasteiger partial charge on any atom is 0.278 e. The molecule has 2 aliphatic rings. The SMILES string of the molecule is CN1C(=O)[C@@]2(Nc3ccccc3C(=O)N2Cc2ccco2)c2ccccc21. The number of rotatable bonds is 2. The summed E-state index contributed by atoms with van der Waals surface area (Å²) in [5, 5.41) is 3.37. The van der Waals surface area contributed by atoms with Crippen LogP contribution < -0.4 is 10.2 Å². The van der Waals surface area contributed by atoms with E-state index in [4.69, 9.17) is 4.42 Å². The zero-order chi connectivity index (χ0) is 18.6.